The average molecular weight is 324 g/mol. The zero-order valence-electron chi connectivity index (χ0n) is 14.0. The molecule has 1 fully saturated rings. The van der Waals surface area contributed by atoms with Crippen molar-refractivity contribution in [2.75, 3.05) is 13.1 Å². The molecule has 0 aliphatic carbocycles. The molecule has 4 rings (SSSR count). The van der Waals surface area contributed by atoms with Crippen LogP contribution in [0.4, 0.5) is 0 Å². The molecule has 0 saturated carbocycles. The summed E-state index contributed by atoms with van der Waals surface area (Å²) in [6.45, 7) is 3.01. The Kier molecular flexibility index (Phi) is 4.12. The van der Waals surface area contributed by atoms with Crippen LogP contribution in [0, 0.1) is 5.92 Å². The second-order valence-electron chi connectivity index (χ2n) is 6.81. The largest absolute Gasteiger partial charge is 0.385 e. The molecule has 24 heavy (non-hydrogen) atoms. The van der Waals surface area contributed by atoms with Gasteiger partial charge in [-0.15, -0.1) is 0 Å². The highest BCUT2D eigenvalue weighted by atomic mass is 16.3. The highest BCUT2D eigenvalue weighted by Crippen LogP contribution is 2.30. The molecule has 1 aliphatic heterocycles. The second-order valence-corrected chi connectivity index (χ2v) is 6.81. The number of aliphatic hydroxyl groups is 1. The Bertz CT molecular complexity index is 814. The van der Waals surface area contributed by atoms with E-state index in [9.17, 15) is 5.11 Å². The van der Waals surface area contributed by atoms with Crippen LogP contribution in [-0.4, -0.2) is 37.6 Å². The summed E-state index contributed by atoms with van der Waals surface area (Å²) in [5.74, 6) is 1.08. The number of fused-ring (bicyclic) bond motifs is 1. The fourth-order valence-corrected chi connectivity index (χ4v) is 3.83. The first-order valence-corrected chi connectivity index (χ1v) is 8.65. The number of benzene rings is 1. The summed E-state index contributed by atoms with van der Waals surface area (Å²) < 4.78 is 1.92. The SMILES string of the molecule is Cn1ccnc1[C@@H](O)C1CCN(Cc2cccc3[nH]ccc23)CC1. The van der Waals surface area contributed by atoms with Crippen molar-refractivity contribution in [1.29, 1.82) is 0 Å². The third-order valence-electron chi connectivity index (χ3n) is 5.28. The maximum absolute atomic E-state index is 10.6. The van der Waals surface area contributed by atoms with Gasteiger partial charge in [-0.05, 0) is 49.5 Å². The molecule has 5 heteroatoms. The number of imidazole rings is 1. The van der Waals surface area contributed by atoms with Gasteiger partial charge in [-0.1, -0.05) is 12.1 Å². The number of nitrogens with zero attached hydrogens (tertiary/aromatic N) is 3. The number of aryl methyl sites for hydroxylation is 1. The number of H-pyrrole nitrogens is 1. The normalized spacial score (nSPS) is 18.2. The van der Waals surface area contributed by atoms with E-state index in [4.69, 9.17) is 0 Å². The molecule has 0 spiro atoms. The highest BCUT2D eigenvalue weighted by Gasteiger charge is 2.28. The molecule has 3 heterocycles. The number of aromatic nitrogens is 3. The van der Waals surface area contributed by atoms with Crippen molar-refractivity contribution < 1.29 is 5.11 Å². The monoisotopic (exact) mass is 324 g/mol. The fourth-order valence-electron chi connectivity index (χ4n) is 3.83. The number of piperidine rings is 1. The van der Waals surface area contributed by atoms with Crippen molar-refractivity contribution >= 4 is 10.9 Å². The van der Waals surface area contributed by atoms with Crippen LogP contribution in [0.1, 0.15) is 30.3 Å². The fraction of sp³-hybridized carbons (Fsp3) is 0.421. The predicted octanol–water partition coefficient (Wildman–Crippen LogP) is 2.85. The van der Waals surface area contributed by atoms with Crippen LogP contribution < -0.4 is 0 Å². The van der Waals surface area contributed by atoms with E-state index < -0.39 is 6.10 Å². The van der Waals surface area contributed by atoms with Gasteiger partial charge in [-0.25, -0.2) is 4.98 Å². The Hall–Kier alpha value is -2.11. The Morgan fingerprint density at radius 1 is 1.29 bits per heavy atom. The molecule has 0 amide bonds. The lowest BCUT2D eigenvalue weighted by molar-refractivity contribution is 0.0493. The zero-order chi connectivity index (χ0) is 16.5. The smallest absolute Gasteiger partial charge is 0.137 e. The van der Waals surface area contributed by atoms with E-state index >= 15 is 0 Å². The number of hydrogen-bond donors (Lipinski definition) is 2. The van der Waals surface area contributed by atoms with Crippen LogP contribution in [0.5, 0.6) is 0 Å². The lowest BCUT2D eigenvalue weighted by atomic mass is 9.90. The molecule has 5 nitrogen and oxygen atoms in total. The van der Waals surface area contributed by atoms with E-state index in [0.717, 1.165) is 38.3 Å². The van der Waals surface area contributed by atoms with Crippen LogP contribution in [0.15, 0.2) is 42.9 Å². The first kappa shape index (κ1) is 15.4. The van der Waals surface area contributed by atoms with Gasteiger partial charge in [-0.2, -0.15) is 0 Å². The quantitative estimate of drug-likeness (QED) is 0.776. The standard InChI is InChI=1S/C19H24N4O/c1-22-12-9-21-19(22)18(24)14-6-10-23(11-7-14)13-15-3-2-4-17-16(15)5-8-20-17/h2-5,8-9,12,14,18,20,24H,6-7,10-11,13H2,1H3/t18-/m0/s1. The number of likely N-dealkylation sites (tertiary alicyclic amines) is 1. The van der Waals surface area contributed by atoms with E-state index in [1.54, 1.807) is 6.20 Å². The van der Waals surface area contributed by atoms with Crippen LogP contribution >= 0.6 is 0 Å². The van der Waals surface area contributed by atoms with E-state index in [1.165, 1.54) is 16.5 Å². The predicted molar refractivity (Wildman–Crippen MR) is 94.5 cm³/mol. The molecule has 0 radical (unpaired) electrons. The molecule has 1 atom stereocenters. The third kappa shape index (κ3) is 2.85. The van der Waals surface area contributed by atoms with Gasteiger partial charge in [0.25, 0.3) is 0 Å². The molecule has 0 bridgehead atoms. The van der Waals surface area contributed by atoms with Crippen molar-refractivity contribution in [1.82, 2.24) is 19.4 Å². The first-order valence-electron chi connectivity index (χ1n) is 8.65. The van der Waals surface area contributed by atoms with Crippen molar-refractivity contribution in [3.8, 4) is 0 Å². The molecular weight excluding hydrogens is 300 g/mol. The van der Waals surface area contributed by atoms with Gasteiger partial charge >= 0.3 is 0 Å². The lowest BCUT2D eigenvalue weighted by Crippen LogP contribution is -2.35. The van der Waals surface area contributed by atoms with Crippen molar-refractivity contribution in [3.63, 3.8) is 0 Å². The van der Waals surface area contributed by atoms with Crippen molar-refractivity contribution in [2.45, 2.75) is 25.5 Å². The molecule has 2 N–H and O–H groups in total. The summed E-state index contributed by atoms with van der Waals surface area (Å²) >= 11 is 0. The molecule has 0 unspecified atom stereocenters. The number of nitrogens with one attached hydrogen (secondary N) is 1. The van der Waals surface area contributed by atoms with Crippen LogP contribution in [-0.2, 0) is 13.6 Å². The summed E-state index contributed by atoms with van der Waals surface area (Å²) in [4.78, 5) is 10.1. The summed E-state index contributed by atoms with van der Waals surface area (Å²) in [5, 5.41) is 11.9. The molecule has 1 aliphatic rings. The van der Waals surface area contributed by atoms with Crippen molar-refractivity contribution in [2.24, 2.45) is 13.0 Å². The van der Waals surface area contributed by atoms with Gasteiger partial charge in [0.1, 0.15) is 11.9 Å². The van der Waals surface area contributed by atoms with E-state index in [-0.39, 0.29) is 0 Å². The van der Waals surface area contributed by atoms with Crippen molar-refractivity contribution in [3.05, 3.63) is 54.2 Å². The second kappa shape index (κ2) is 6.42. The van der Waals surface area contributed by atoms with Gasteiger partial charge in [0, 0.05) is 43.1 Å². The molecule has 3 aromatic rings. The Morgan fingerprint density at radius 2 is 2.12 bits per heavy atom. The van der Waals surface area contributed by atoms with Gasteiger partial charge in [-0.3, -0.25) is 4.90 Å². The van der Waals surface area contributed by atoms with Crippen LogP contribution in [0.2, 0.25) is 0 Å². The minimum Gasteiger partial charge on any atom is -0.385 e. The number of hydrogen-bond acceptors (Lipinski definition) is 3. The topological polar surface area (TPSA) is 57.1 Å². The molecule has 1 aromatic carbocycles. The van der Waals surface area contributed by atoms with E-state index in [2.05, 4.69) is 39.1 Å². The average Bonchev–Trinajstić information content (AvgIpc) is 3.24. The Balaban J connectivity index is 1.40. The third-order valence-corrected chi connectivity index (χ3v) is 5.28. The van der Waals surface area contributed by atoms with E-state index in [1.807, 2.05) is 24.0 Å². The van der Waals surface area contributed by atoms with Gasteiger partial charge in [0.15, 0.2) is 0 Å². The highest BCUT2D eigenvalue weighted by molar-refractivity contribution is 5.82. The van der Waals surface area contributed by atoms with Crippen LogP contribution in [0.3, 0.4) is 0 Å². The number of aromatic amines is 1. The maximum atomic E-state index is 10.6. The Labute approximate surface area is 141 Å². The molecular formula is C19H24N4O. The zero-order valence-corrected chi connectivity index (χ0v) is 14.0. The summed E-state index contributed by atoms with van der Waals surface area (Å²) in [6, 6.07) is 8.60. The minimum absolute atomic E-state index is 0.297. The maximum Gasteiger partial charge on any atom is 0.137 e. The van der Waals surface area contributed by atoms with Gasteiger partial charge < -0.3 is 14.7 Å². The van der Waals surface area contributed by atoms with Crippen LogP contribution in [0.25, 0.3) is 10.9 Å². The first-order chi connectivity index (χ1) is 11.7. The van der Waals surface area contributed by atoms with Gasteiger partial charge in [0.2, 0.25) is 0 Å². The molecule has 2 aromatic heterocycles. The van der Waals surface area contributed by atoms with E-state index in [0.29, 0.717) is 5.92 Å². The summed E-state index contributed by atoms with van der Waals surface area (Å²) in [6.07, 6.45) is 7.22. The number of rotatable bonds is 4. The molecule has 126 valence electrons. The summed E-state index contributed by atoms with van der Waals surface area (Å²) in [7, 11) is 1.94. The molecule has 1 saturated heterocycles. The minimum atomic E-state index is -0.458. The van der Waals surface area contributed by atoms with Gasteiger partial charge in [0.05, 0.1) is 0 Å². The number of aliphatic hydroxyl groups excluding tert-OH is 1. The Morgan fingerprint density at radius 3 is 2.88 bits per heavy atom. The summed E-state index contributed by atoms with van der Waals surface area (Å²) in [5.41, 5.74) is 2.57. The lowest BCUT2D eigenvalue weighted by Gasteiger charge is -2.34.